The lowest BCUT2D eigenvalue weighted by Crippen LogP contribution is -2.32. The molecule has 0 aliphatic carbocycles. The van der Waals surface area contributed by atoms with E-state index in [0.717, 1.165) is 22.6 Å². The third-order valence-electron chi connectivity index (χ3n) is 3.48. The minimum atomic E-state index is -0.0350. The van der Waals surface area contributed by atoms with E-state index in [-0.39, 0.29) is 12.5 Å². The molecule has 0 saturated heterocycles. The van der Waals surface area contributed by atoms with Gasteiger partial charge in [0.05, 0.1) is 17.5 Å². The number of nitriles is 1. The zero-order chi connectivity index (χ0) is 16.7. The van der Waals surface area contributed by atoms with Gasteiger partial charge in [0.2, 0.25) is 5.91 Å². The third-order valence-corrected chi connectivity index (χ3v) is 4.43. The monoisotopic (exact) mass is 329 g/mol. The molecule has 0 saturated carbocycles. The minimum Gasteiger partial charge on any atom is -0.361 e. The van der Waals surface area contributed by atoms with Crippen molar-refractivity contribution in [3.63, 3.8) is 0 Å². The van der Waals surface area contributed by atoms with Crippen molar-refractivity contribution in [3.05, 3.63) is 52.9 Å². The number of hydrogen-bond acceptors (Lipinski definition) is 5. The third kappa shape index (κ3) is 4.86. The first-order valence-corrected chi connectivity index (χ1v) is 8.45. The van der Waals surface area contributed by atoms with Crippen LogP contribution in [0.1, 0.15) is 22.6 Å². The number of aromatic nitrogens is 1. The van der Waals surface area contributed by atoms with Crippen LogP contribution in [0.15, 0.2) is 34.9 Å². The van der Waals surface area contributed by atoms with Gasteiger partial charge < -0.3 is 9.42 Å². The summed E-state index contributed by atoms with van der Waals surface area (Å²) in [4.78, 5) is 13.9. The zero-order valence-electron chi connectivity index (χ0n) is 13.3. The molecule has 0 atom stereocenters. The first-order valence-electron chi connectivity index (χ1n) is 7.30. The molecule has 1 heterocycles. The second-order valence-corrected chi connectivity index (χ2v) is 6.17. The maximum absolute atomic E-state index is 12.4. The van der Waals surface area contributed by atoms with Gasteiger partial charge in [-0.3, -0.25) is 4.79 Å². The Morgan fingerprint density at radius 1 is 1.35 bits per heavy atom. The number of thioether (sulfide) groups is 1. The normalized spacial score (nSPS) is 10.3. The van der Waals surface area contributed by atoms with E-state index in [1.165, 1.54) is 11.8 Å². The van der Waals surface area contributed by atoms with Crippen molar-refractivity contribution >= 4 is 17.7 Å². The number of carbonyl (C=O) groups is 1. The summed E-state index contributed by atoms with van der Waals surface area (Å²) in [7, 11) is 0. The fourth-order valence-electron chi connectivity index (χ4n) is 2.16. The van der Waals surface area contributed by atoms with Crippen LogP contribution in [0.3, 0.4) is 0 Å². The van der Waals surface area contributed by atoms with E-state index in [4.69, 9.17) is 9.78 Å². The molecule has 0 fully saturated rings. The predicted octanol–water partition coefficient (Wildman–Crippen LogP) is 3.08. The number of rotatable bonds is 7. The van der Waals surface area contributed by atoms with Crippen LogP contribution in [0.4, 0.5) is 0 Å². The molecule has 5 nitrogen and oxygen atoms in total. The van der Waals surface area contributed by atoms with Crippen LogP contribution in [-0.2, 0) is 17.1 Å². The molecule has 2 rings (SSSR count). The van der Waals surface area contributed by atoms with Gasteiger partial charge >= 0.3 is 0 Å². The van der Waals surface area contributed by atoms with Gasteiger partial charge in [-0.15, -0.1) is 11.8 Å². The van der Waals surface area contributed by atoms with Gasteiger partial charge in [-0.25, -0.2) is 0 Å². The average molecular weight is 329 g/mol. The first kappa shape index (κ1) is 17.1. The molecule has 0 bridgehead atoms. The second kappa shape index (κ2) is 8.39. The number of benzene rings is 1. The Hall–Kier alpha value is -2.26. The molecule has 0 aliphatic heterocycles. The number of carbonyl (C=O) groups excluding carboxylic acids is 1. The van der Waals surface area contributed by atoms with Crippen molar-refractivity contribution in [2.75, 3.05) is 12.3 Å². The second-order valence-electron chi connectivity index (χ2n) is 5.19. The quantitative estimate of drug-likeness (QED) is 0.730. The number of amides is 1. The van der Waals surface area contributed by atoms with Crippen LogP contribution in [0.5, 0.6) is 0 Å². The Kier molecular flexibility index (Phi) is 6.24. The van der Waals surface area contributed by atoms with E-state index in [1.807, 2.05) is 44.2 Å². The van der Waals surface area contributed by atoms with Crippen molar-refractivity contribution in [2.24, 2.45) is 0 Å². The van der Waals surface area contributed by atoms with Gasteiger partial charge in [0.15, 0.2) is 0 Å². The average Bonchev–Trinajstić information content (AvgIpc) is 2.87. The van der Waals surface area contributed by atoms with Gasteiger partial charge in [0, 0.05) is 17.9 Å². The van der Waals surface area contributed by atoms with Crippen LogP contribution < -0.4 is 0 Å². The van der Waals surface area contributed by atoms with Crippen molar-refractivity contribution in [1.29, 1.82) is 5.26 Å². The lowest BCUT2D eigenvalue weighted by molar-refractivity contribution is -0.128. The Labute approximate surface area is 140 Å². The summed E-state index contributed by atoms with van der Waals surface area (Å²) in [5.74, 6) is 1.77. The first-order chi connectivity index (χ1) is 11.1. The molecule has 0 radical (unpaired) electrons. The van der Waals surface area contributed by atoms with Gasteiger partial charge in [-0.05, 0) is 19.4 Å². The van der Waals surface area contributed by atoms with Crippen molar-refractivity contribution < 1.29 is 9.32 Å². The van der Waals surface area contributed by atoms with E-state index in [1.54, 1.807) is 4.90 Å². The molecule has 1 aromatic carbocycles. The van der Waals surface area contributed by atoms with E-state index in [2.05, 4.69) is 11.2 Å². The van der Waals surface area contributed by atoms with Gasteiger partial charge in [-0.1, -0.05) is 35.5 Å². The smallest absolute Gasteiger partial charge is 0.233 e. The summed E-state index contributed by atoms with van der Waals surface area (Å²) in [6, 6.07) is 11.8. The molecule has 0 N–H and O–H groups in total. The fraction of sp³-hybridized carbons (Fsp3) is 0.353. The summed E-state index contributed by atoms with van der Waals surface area (Å²) in [5, 5.41) is 12.8. The molecule has 1 amide bonds. The topological polar surface area (TPSA) is 70.1 Å². The molecular weight excluding hydrogens is 310 g/mol. The number of nitrogens with zero attached hydrogens (tertiary/aromatic N) is 3. The Balaban J connectivity index is 1.90. The van der Waals surface area contributed by atoms with Crippen LogP contribution in [0.2, 0.25) is 0 Å². The van der Waals surface area contributed by atoms with Gasteiger partial charge in [-0.2, -0.15) is 5.26 Å². The fourth-order valence-corrected chi connectivity index (χ4v) is 3.24. The Morgan fingerprint density at radius 3 is 2.70 bits per heavy atom. The van der Waals surface area contributed by atoms with Crippen molar-refractivity contribution in [2.45, 2.75) is 26.1 Å². The highest BCUT2D eigenvalue weighted by molar-refractivity contribution is 7.99. The zero-order valence-corrected chi connectivity index (χ0v) is 14.1. The molecule has 0 aliphatic rings. The number of hydrogen-bond donors (Lipinski definition) is 0. The SMILES string of the molecule is Cc1noc(C)c1CSCC(=O)N(CC#N)Cc1ccccc1. The summed E-state index contributed by atoms with van der Waals surface area (Å²) >= 11 is 1.51. The molecule has 0 spiro atoms. The minimum absolute atomic E-state index is 0.0350. The molecule has 6 heteroatoms. The molecule has 23 heavy (non-hydrogen) atoms. The Morgan fingerprint density at radius 2 is 2.09 bits per heavy atom. The molecule has 1 aromatic heterocycles. The van der Waals surface area contributed by atoms with E-state index in [0.29, 0.717) is 18.1 Å². The largest absolute Gasteiger partial charge is 0.361 e. The summed E-state index contributed by atoms with van der Waals surface area (Å²) in [6.45, 7) is 4.32. The molecular formula is C17H19N3O2S. The van der Waals surface area contributed by atoms with E-state index >= 15 is 0 Å². The highest BCUT2D eigenvalue weighted by Crippen LogP contribution is 2.20. The summed E-state index contributed by atoms with van der Waals surface area (Å²) in [5.41, 5.74) is 2.92. The van der Waals surface area contributed by atoms with Crippen molar-refractivity contribution in [3.8, 4) is 6.07 Å². The molecule has 0 unspecified atom stereocenters. The lowest BCUT2D eigenvalue weighted by atomic mass is 10.2. The maximum atomic E-state index is 12.4. The summed E-state index contributed by atoms with van der Waals surface area (Å²) in [6.07, 6.45) is 0. The van der Waals surface area contributed by atoms with Gasteiger partial charge in [0.25, 0.3) is 0 Å². The predicted molar refractivity (Wildman–Crippen MR) is 89.6 cm³/mol. The van der Waals surface area contributed by atoms with Crippen LogP contribution >= 0.6 is 11.8 Å². The molecule has 2 aromatic rings. The maximum Gasteiger partial charge on any atom is 0.233 e. The Bertz CT molecular complexity index is 672. The highest BCUT2D eigenvalue weighted by atomic mass is 32.2. The van der Waals surface area contributed by atoms with Crippen LogP contribution in [-0.4, -0.2) is 28.3 Å². The van der Waals surface area contributed by atoms with E-state index in [9.17, 15) is 4.79 Å². The highest BCUT2D eigenvalue weighted by Gasteiger charge is 2.15. The molecule has 120 valence electrons. The van der Waals surface area contributed by atoms with Crippen LogP contribution in [0.25, 0.3) is 0 Å². The lowest BCUT2D eigenvalue weighted by Gasteiger charge is -2.19. The van der Waals surface area contributed by atoms with E-state index < -0.39 is 0 Å². The standard InChI is InChI=1S/C17H19N3O2S/c1-13-16(14(2)22-19-13)11-23-12-17(21)20(9-8-18)10-15-6-4-3-5-7-15/h3-7H,9-12H2,1-2H3. The van der Waals surface area contributed by atoms with Crippen LogP contribution in [0, 0.1) is 25.2 Å². The summed E-state index contributed by atoms with van der Waals surface area (Å²) < 4.78 is 5.12. The number of aryl methyl sites for hydroxylation is 2. The van der Waals surface area contributed by atoms with Crippen molar-refractivity contribution in [1.82, 2.24) is 10.1 Å². The van der Waals surface area contributed by atoms with Gasteiger partial charge in [0.1, 0.15) is 12.3 Å².